The largest absolute Gasteiger partial charge is 0.494 e. The molecule has 1 atom stereocenters. The van der Waals surface area contributed by atoms with Gasteiger partial charge in [0.2, 0.25) is 11.8 Å². The van der Waals surface area contributed by atoms with E-state index in [0.717, 1.165) is 0 Å². The van der Waals surface area contributed by atoms with Gasteiger partial charge in [0.15, 0.2) is 11.6 Å². The maximum Gasteiger partial charge on any atom is 0.261 e. The molecule has 0 spiro atoms. The Hall–Kier alpha value is -2.94. The first kappa shape index (κ1) is 20.4. The summed E-state index contributed by atoms with van der Waals surface area (Å²) in [5.74, 6) is -1.67. The zero-order valence-electron chi connectivity index (χ0n) is 14.9. The third-order valence-corrected chi connectivity index (χ3v) is 4.52. The molecule has 1 heterocycles. The highest BCUT2D eigenvalue weighted by molar-refractivity contribution is 7.12. The molecule has 2 aromatic rings. The summed E-state index contributed by atoms with van der Waals surface area (Å²) >= 11 is 1.27. The van der Waals surface area contributed by atoms with Gasteiger partial charge in [-0.1, -0.05) is 12.1 Å². The smallest absolute Gasteiger partial charge is 0.261 e. The van der Waals surface area contributed by atoms with E-state index in [1.807, 2.05) is 0 Å². The second-order valence-corrected chi connectivity index (χ2v) is 6.57. The number of benzene rings is 1. The van der Waals surface area contributed by atoms with Crippen LogP contribution >= 0.6 is 11.3 Å². The molecule has 0 aliphatic carbocycles. The van der Waals surface area contributed by atoms with Crippen LogP contribution in [0.4, 0.5) is 4.39 Å². The highest BCUT2D eigenvalue weighted by Gasteiger charge is 2.14. The summed E-state index contributed by atoms with van der Waals surface area (Å²) in [5.41, 5.74) is 0.566. The van der Waals surface area contributed by atoms with Gasteiger partial charge in [0.05, 0.1) is 31.1 Å². The average molecular weight is 393 g/mol. The molecular formula is C18H20FN3O4S. The number of carbonyl (C=O) groups excluding carboxylic acids is 3. The first-order valence-electron chi connectivity index (χ1n) is 8.12. The van der Waals surface area contributed by atoms with Crippen molar-refractivity contribution in [3.63, 3.8) is 0 Å². The number of carbonyl (C=O) groups is 3. The second kappa shape index (κ2) is 9.67. The lowest BCUT2D eigenvalue weighted by atomic mass is 10.1. The van der Waals surface area contributed by atoms with Crippen LogP contribution in [0.2, 0.25) is 0 Å². The number of nitrogens with one attached hydrogen (secondary N) is 3. The molecule has 9 heteroatoms. The lowest BCUT2D eigenvalue weighted by Gasteiger charge is -2.15. The maximum absolute atomic E-state index is 13.7. The standard InChI is InChI=1S/C18H20FN3O4S/c1-11(12-5-6-14(26-2)13(19)8-12)22-17(24)10-20-16(23)9-21-18(25)15-4-3-7-27-15/h3-8,11H,9-10H2,1-2H3,(H,20,23)(H,21,25)(H,22,24)/t11-/m1/s1. The molecule has 2 rings (SSSR count). The normalized spacial score (nSPS) is 11.4. The van der Waals surface area contributed by atoms with E-state index in [2.05, 4.69) is 16.0 Å². The Bertz CT molecular complexity index is 811. The fourth-order valence-corrected chi connectivity index (χ4v) is 2.86. The van der Waals surface area contributed by atoms with E-state index in [1.165, 1.54) is 30.6 Å². The Labute approximate surface area is 159 Å². The minimum absolute atomic E-state index is 0.120. The molecular weight excluding hydrogens is 373 g/mol. The summed E-state index contributed by atoms with van der Waals surface area (Å²) in [4.78, 5) is 35.9. The van der Waals surface area contributed by atoms with Gasteiger partial charge in [-0.25, -0.2) is 4.39 Å². The summed E-state index contributed by atoms with van der Waals surface area (Å²) in [6.45, 7) is 1.21. The molecule has 0 aliphatic rings. The van der Waals surface area contributed by atoms with Gasteiger partial charge in [0.1, 0.15) is 0 Å². The van der Waals surface area contributed by atoms with Gasteiger partial charge >= 0.3 is 0 Å². The van der Waals surface area contributed by atoms with Gasteiger partial charge < -0.3 is 20.7 Å². The number of rotatable bonds is 8. The molecule has 0 saturated carbocycles. The van der Waals surface area contributed by atoms with E-state index in [1.54, 1.807) is 30.5 Å². The fraction of sp³-hybridized carbons (Fsp3) is 0.278. The van der Waals surface area contributed by atoms with E-state index in [9.17, 15) is 18.8 Å². The van der Waals surface area contributed by atoms with Gasteiger partial charge in [0, 0.05) is 0 Å². The van der Waals surface area contributed by atoms with Crippen LogP contribution in [0.1, 0.15) is 28.2 Å². The van der Waals surface area contributed by atoms with Gasteiger partial charge in [0.25, 0.3) is 5.91 Å². The monoisotopic (exact) mass is 393 g/mol. The van der Waals surface area contributed by atoms with Crippen molar-refractivity contribution in [3.8, 4) is 5.75 Å². The first-order valence-corrected chi connectivity index (χ1v) is 9.00. The topological polar surface area (TPSA) is 96.5 Å². The molecule has 144 valence electrons. The van der Waals surface area contributed by atoms with Crippen LogP contribution in [-0.2, 0) is 9.59 Å². The van der Waals surface area contributed by atoms with Crippen molar-refractivity contribution < 1.29 is 23.5 Å². The van der Waals surface area contributed by atoms with E-state index in [4.69, 9.17) is 4.74 Å². The van der Waals surface area contributed by atoms with Gasteiger partial charge in [-0.2, -0.15) is 0 Å². The summed E-state index contributed by atoms with van der Waals surface area (Å²) in [7, 11) is 1.37. The molecule has 0 fully saturated rings. The van der Waals surface area contributed by atoms with Crippen molar-refractivity contribution in [2.75, 3.05) is 20.2 Å². The molecule has 1 aromatic carbocycles. The molecule has 1 aromatic heterocycles. The van der Waals surface area contributed by atoms with Crippen LogP contribution in [0, 0.1) is 5.82 Å². The number of methoxy groups -OCH3 is 1. The van der Waals surface area contributed by atoms with Crippen LogP contribution in [0.3, 0.4) is 0 Å². The van der Waals surface area contributed by atoms with Crippen LogP contribution in [-0.4, -0.2) is 37.9 Å². The Balaban J connectivity index is 1.74. The SMILES string of the molecule is COc1ccc([C@@H](C)NC(=O)CNC(=O)CNC(=O)c2cccs2)cc1F. The number of amides is 3. The predicted molar refractivity (Wildman–Crippen MR) is 99.2 cm³/mol. The number of thiophene rings is 1. The number of halogens is 1. The zero-order chi connectivity index (χ0) is 19.8. The molecule has 0 radical (unpaired) electrons. The van der Waals surface area contributed by atoms with Gasteiger partial charge in [-0.15, -0.1) is 11.3 Å². The lowest BCUT2D eigenvalue weighted by molar-refractivity contribution is -0.125. The van der Waals surface area contributed by atoms with Crippen molar-refractivity contribution in [1.29, 1.82) is 0 Å². The quantitative estimate of drug-likeness (QED) is 0.635. The van der Waals surface area contributed by atoms with Crippen LogP contribution in [0.15, 0.2) is 35.7 Å². The number of hydrogen-bond acceptors (Lipinski definition) is 5. The van der Waals surface area contributed by atoms with Crippen LogP contribution in [0.5, 0.6) is 5.75 Å². The predicted octanol–water partition coefficient (Wildman–Crippen LogP) is 1.62. The van der Waals surface area contributed by atoms with Crippen LogP contribution in [0.25, 0.3) is 0 Å². The molecule has 0 saturated heterocycles. The minimum atomic E-state index is -0.522. The molecule has 3 amide bonds. The highest BCUT2D eigenvalue weighted by atomic mass is 32.1. The third-order valence-electron chi connectivity index (χ3n) is 3.65. The third kappa shape index (κ3) is 6.07. The Morgan fingerprint density at radius 1 is 1.15 bits per heavy atom. The van der Waals surface area contributed by atoms with Crippen molar-refractivity contribution in [2.24, 2.45) is 0 Å². The molecule has 0 unspecified atom stereocenters. The molecule has 0 aliphatic heterocycles. The second-order valence-electron chi connectivity index (χ2n) is 5.62. The van der Waals surface area contributed by atoms with Crippen molar-refractivity contribution in [2.45, 2.75) is 13.0 Å². The van der Waals surface area contributed by atoms with Crippen molar-refractivity contribution >= 4 is 29.1 Å². The molecule has 7 nitrogen and oxygen atoms in total. The average Bonchev–Trinajstić information content (AvgIpc) is 3.19. The number of ether oxygens (including phenoxy) is 1. The summed E-state index contributed by atoms with van der Waals surface area (Å²) in [5, 5.41) is 9.30. The summed E-state index contributed by atoms with van der Waals surface area (Å²) < 4.78 is 18.6. The zero-order valence-corrected chi connectivity index (χ0v) is 15.7. The minimum Gasteiger partial charge on any atom is -0.494 e. The van der Waals surface area contributed by atoms with Gasteiger partial charge in [-0.05, 0) is 36.1 Å². The van der Waals surface area contributed by atoms with Crippen molar-refractivity contribution in [1.82, 2.24) is 16.0 Å². The van der Waals surface area contributed by atoms with Crippen LogP contribution < -0.4 is 20.7 Å². The maximum atomic E-state index is 13.7. The highest BCUT2D eigenvalue weighted by Crippen LogP contribution is 2.21. The summed E-state index contributed by atoms with van der Waals surface area (Å²) in [6.07, 6.45) is 0. The Kier molecular flexibility index (Phi) is 7.30. The number of hydrogen-bond donors (Lipinski definition) is 3. The first-order chi connectivity index (χ1) is 12.9. The molecule has 0 bridgehead atoms. The molecule has 27 heavy (non-hydrogen) atoms. The van der Waals surface area contributed by atoms with E-state index in [0.29, 0.717) is 10.4 Å². The summed E-state index contributed by atoms with van der Waals surface area (Å²) in [6, 6.07) is 7.34. The molecule has 3 N–H and O–H groups in total. The van der Waals surface area contributed by atoms with Crippen molar-refractivity contribution in [3.05, 3.63) is 52.0 Å². The Morgan fingerprint density at radius 3 is 2.52 bits per heavy atom. The lowest BCUT2D eigenvalue weighted by Crippen LogP contribution is -2.42. The van der Waals surface area contributed by atoms with E-state index < -0.39 is 23.7 Å². The fourth-order valence-electron chi connectivity index (χ4n) is 2.22. The van der Waals surface area contributed by atoms with E-state index in [-0.39, 0.29) is 24.7 Å². The van der Waals surface area contributed by atoms with Gasteiger partial charge in [-0.3, -0.25) is 14.4 Å². The van der Waals surface area contributed by atoms with E-state index >= 15 is 0 Å². The Morgan fingerprint density at radius 2 is 1.89 bits per heavy atom.